The Labute approximate surface area is 214 Å². The van der Waals surface area contributed by atoms with Crippen LogP contribution in [0.5, 0.6) is 0 Å². The van der Waals surface area contributed by atoms with E-state index in [1.54, 1.807) is 0 Å². The zero-order valence-electron chi connectivity index (χ0n) is 22.0. The molecule has 0 saturated heterocycles. The van der Waals surface area contributed by atoms with Crippen molar-refractivity contribution in [1.82, 2.24) is 0 Å². The Kier molecular flexibility index (Phi) is 14.2. The van der Waals surface area contributed by atoms with Crippen LogP contribution in [0, 0.1) is 13.8 Å². The molecule has 0 aliphatic carbocycles. The molecular formula is C35H42. The average Bonchev–Trinajstić information content (AvgIpc) is 2.92. The van der Waals surface area contributed by atoms with Crippen LogP contribution in [-0.4, -0.2) is 0 Å². The molecule has 0 N–H and O–H groups in total. The van der Waals surface area contributed by atoms with E-state index in [1.807, 2.05) is 0 Å². The largest absolute Gasteiger partial charge is 0.106 e. The van der Waals surface area contributed by atoms with Crippen molar-refractivity contribution in [1.29, 1.82) is 0 Å². The Bertz CT molecular complexity index is 1130. The van der Waals surface area contributed by atoms with Crippen LogP contribution >= 0.6 is 0 Å². The zero-order valence-corrected chi connectivity index (χ0v) is 22.0. The van der Waals surface area contributed by atoms with E-state index >= 15 is 0 Å². The van der Waals surface area contributed by atoms with Crippen LogP contribution in [0.4, 0.5) is 0 Å². The fourth-order valence-electron chi connectivity index (χ4n) is 3.90. The van der Waals surface area contributed by atoms with Gasteiger partial charge in [0.1, 0.15) is 0 Å². The van der Waals surface area contributed by atoms with Crippen molar-refractivity contribution in [3.63, 3.8) is 0 Å². The lowest BCUT2D eigenvalue weighted by atomic mass is 9.99. The summed E-state index contributed by atoms with van der Waals surface area (Å²) in [6.45, 7) is 22.7. The van der Waals surface area contributed by atoms with E-state index in [-0.39, 0.29) is 0 Å². The molecule has 0 amide bonds. The summed E-state index contributed by atoms with van der Waals surface area (Å²) in [5.74, 6) is 0. The van der Waals surface area contributed by atoms with Crippen LogP contribution in [0.25, 0.3) is 10.8 Å². The number of hydrogen-bond acceptors (Lipinski definition) is 0. The van der Waals surface area contributed by atoms with Gasteiger partial charge >= 0.3 is 0 Å². The molecule has 4 rings (SSSR count). The smallest absolute Gasteiger partial charge is 0.00697 e. The van der Waals surface area contributed by atoms with Crippen LogP contribution in [0.1, 0.15) is 41.2 Å². The second-order valence-corrected chi connectivity index (χ2v) is 8.32. The lowest BCUT2D eigenvalue weighted by Gasteiger charge is -2.06. The molecule has 0 aliphatic heterocycles. The maximum atomic E-state index is 4.19. The summed E-state index contributed by atoms with van der Waals surface area (Å²) >= 11 is 0. The second kappa shape index (κ2) is 16.9. The highest BCUT2D eigenvalue weighted by atomic mass is 14.1. The number of fused-ring (bicyclic) bond motifs is 1. The number of allylic oxidation sites excluding steroid dienone is 1. The van der Waals surface area contributed by atoms with Crippen molar-refractivity contribution in [3.8, 4) is 0 Å². The standard InChI is InChI=1S/C18H20.C13H14.2C2H4/c1-15-8-12-18(13-9-15)14-16(2)10-11-17-6-4-3-5-7-17;1-3-11-8-9-12-6-4-5-7-13(12)10(11)2;2*1-2/h3-9,12-13H,2,10-11,14H2,1H3;4-9H,3H2,1-2H3;2*1-2H2. The molecule has 0 spiro atoms. The first-order valence-corrected chi connectivity index (χ1v) is 12.3. The molecule has 0 unspecified atom stereocenters. The summed E-state index contributed by atoms with van der Waals surface area (Å²) in [6.07, 6.45) is 4.27. The summed E-state index contributed by atoms with van der Waals surface area (Å²) in [6, 6.07) is 32.3. The molecule has 35 heavy (non-hydrogen) atoms. The zero-order chi connectivity index (χ0) is 26.1. The molecule has 0 aromatic heterocycles. The van der Waals surface area contributed by atoms with Crippen molar-refractivity contribution in [3.05, 3.63) is 157 Å². The highest BCUT2D eigenvalue weighted by Crippen LogP contribution is 2.21. The van der Waals surface area contributed by atoms with Gasteiger partial charge in [-0.1, -0.05) is 116 Å². The third kappa shape index (κ3) is 10.0. The molecule has 0 nitrogen and oxygen atoms in total. The van der Waals surface area contributed by atoms with Gasteiger partial charge in [0.05, 0.1) is 0 Å². The molecule has 0 fully saturated rings. The van der Waals surface area contributed by atoms with Crippen LogP contribution < -0.4 is 0 Å². The van der Waals surface area contributed by atoms with E-state index in [9.17, 15) is 0 Å². The van der Waals surface area contributed by atoms with E-state index in [4.69, 9.17) is 0 Å². The SMILES string of the molecule is C=C.C=C.C=C(CCc1ccccc1)Cc1ccc(C)cc1.CCc1ccc2ccccc2c1C. The van der Waals surface area contributed by atoms with E-state index in [0.29, 0.717) is 0 Å². The fraction of sp³-hybridized carbons (Fsp3) is 0.200. The van der Waals surface area contributed by atoms with Crippen molar-refractivity contribution in [2.75, 3.05) is 0 Å². The van der Waals surface area contributed by atoms with E-state index in [1.165, 1.54) is 44.2 Å². The van der Waals surface area contributed by atoms with Gasteiger partial charge in [0.2, 0.25) is 0 Å². The first-order chi connectivity index (χ1) is 17.1. The minimum absolute atomic E-state index is 0.993. The minimum Gasteiger partial charge on any atom is -0.106 e. The predicted molar refractivity (Wildman–Crippen MR) is 159 cm³/mol. The first-order valence-electron chi connectivity index (χ1n) is 12.3. The lowest BCUT2D eigenvalue weighted by Crippen LogP contribution is -1.93. The van der Waals surface area contributed by atoms with Gasteiger partial charge in [-0.25, -0.2) is 0 Å². The van der Waals surface area contributed by atoms with Gasteiger partial charge in [-0.05, 0) is 72.6 Å². The Balaban J connectivity index is 0.000000318. The third-order valence-corrected chi connectivity index (χ3v) is 5.88. The molecule has 0 heteroatoms. The van der Waals surface area contributed by atoms with Crippen molar-refractivity contribution < 1.29 is 0 Å². The van der Waals surface area contributed by atoms with Gasteiger partial charge in [0, 0.05) is 0 Å². The molecule has 0 radical (unpaired) electrons. The van der Waals surface area contributed by atoms with E-state index in [0.717, 1.165) is 25.7 Å². The quantitative estimate of drug-likeness (QED) is 0.250. The fourth-order valence-corrected chi connectivity index (χ4v) is 3.90. The average molecular weight is 463 g/mol. The Hall–Kier alpha value is -3.64. The molecule has 0 atom stereocenters. The van der Waals surface area contributed by atoms with Gasteiger partial charge in [-0.3, -0.25) is 0 Å². The maximum Gasteiger partial charge on any atom is -0.00697 e. The Morgan fingerprint density at radius 2 is 1.26 bits per heavy atom. The number of hydrogen-bond donors (Lipinski definition) is 0. The molecule has 182 valence electrons. The van der Waals surface area contributed by atoms with Gasteiger partial charge in [0.25, 0.3) is 0 Å². The van der Waals surface area contributed by atoms with Gasteiger partial charge in [-0.2, -0.15) is 0 Å². The molecule has 0 heterocycles. The summed E-state index contributed by atoms with van der Waals surface area (Å²) < 4.78 is 0. The number of aryl methyl sites for hydroxylation is 4. The van der Waals surface area contributed by atoms with Gasteiger partial charge in [0.15, 0.2) is 0 Å². The normalized spacial score (nSPS) is 9.46. The lowest BCUT2D eigenvalue weighted by molar-refractivity contribution is 0.904. The van der Waals surface area contributed by atoms with Crippen LogP contribution in [0.15, 0.2) is 129 Å². The number of rotatable bonds is 6. The minimum atomic E-state index is 0.993. The molecule has 0 aliphatic rings. The Morgan fingerprint density at radius 1 is 0.657 bits per heavy atom. The van der Waals surface area contributed by atoms with Crippen LogP contribution in [-0.2, 0) is 19.3 Å². The van der Waals surface area contributed by atoms with Crippen LogP contribution in [0.3, 0.4) is 0 Å². The highest BCUT2D eigenvalue weighted by molar-refractivity contribution is 5.86. The number of benzene rings is 4. The van der Waals surface area contributed by atoms with E-state index in [2.05, 4.69) is 145 Å². The topological polar surface area (TPSA) is 0 Å². The van der Waals surface area contributed by atoms with E-state index < -0.39 is 0 Å². The van der Waals surface area contributed by atoms with Gasteiger partial charge in [-0.15, -0.1) is 26.3 Å². The summed E-state index contributed by atoms with van der Waals surface area (Å²) in [7, 11) is 0. The molecule has 4 aromatic carbocycles. The molecule has 0 bridgehead atoms. The van der Waals surface area contributed by atoms with Crippen LogP contribution in [0.2, 0.25) is 0 Å². The van der Waals surface area contributed by atoms with Crippen molar-refractivity contribution in [2.45, 2.75) is 46.5 Å². The predicted octanol–water partition coefficient (Wildman–Crippen LogP) is 10.0. The van der Waals surface area contributed by atoms with Crippen molar-refractivity contribution in [2.24, 2.45) is 0 Å². The third-order valence-electron chi connectivity index (χ3n) is 5.88. The second-order valence-electron chi connectivity index (χ2n) is 8.32. The summed E-state index contributed by atoms with van der Waals surface area (Å²) in [5.41, 5.74) is 8.26. The highest BCUT2D eigenvalue weighted by Gasteiger charge is 2.00. The molecule has 0 saturated carbocycles. The van der Waals surface area contributed by atoms with Crippen molar-refractivity contribution >= 4 is 10.8 Å². The van der Waals surface area contributed by atoms with Gasteiger partial charge < -0.3 is 0 Å². The summed E-state index contributed by atoms with van der Waals surface area (Å²) in [4.78, 5) is 0. The molecule has 4 aromatic rings. The molecular weight excluding hydrogens is 420 g/mol. The monoisotopic (exact) mass is 462 g/mol. The maximum absolute atomic E-state index is 4.19. The first kappa shape index (κ1) is 29.4. The Morgan fingerprint density at radius 3 is 1.89 bits per heavy atom. The summed E-state index contributed by atoms with van der Waals surface area (Å²) in [5, 5.41) is 2.74.